The number of primary amides is 1. The lowest BCUT2D eigenvalue weighted by molar-refractivity contribution is -0.137. The van der Waals surface area contributed by atoms with Crippen LogP contribution in [0.2, 0.25) is 0 Å². The molecule has 1 aliphatic carbocycles. The van der Waals surface area contributed by atoms with Gasteiger partial charge in [-0.2, -0.15) is 13.2 Å². The van der Waals surface area contributed by atoms with Gasteiger partial charge in [-0.1, -0.05) is 20.3 Å². The first kappa shape index (κ1) is 19.3. The summed E-state index contributed by atoms with van der Waals surface area (Å²) >= 11 is 0. The van der Waals surface area contributed by atoms with Gasteiger partial charge in [-0.3, -0.25) is 9.59 Å². The smallest absolute Gasteiger partial charge is 0.368 e. The summed E-state index contributed by atoms with van der Waals surface area (Å²) < 4.78 is 39.0. The first-order valence-electron chi connectivity index (χ1n) is 8.41. The number of amides is 2. The predicted molar refractivity (Wildman–Crippen MR) is 87.9 cm³/mol. The molecule has 1 aliphatic rings. The lowest BCUT2D eigenvalue weighted by Crippen LogP contribution is -2.45. The van der Waals surface area contributed by atoms with Crippen molar-refractivity contribution in [3.8, 4) is 0 Å². The number of nitrogens with one attached hydrogen (secondary N) is 1. The molecule has 1 fully saturated rings. The standard InChI is InChI=1S/C18H23F3N2O2/c1-10(2)8-15(16(22)24)23-17(25)13-7-6-12(18(19,20)21)9-14(13)11-4-3-5-11/h6-7,9-11,15H,3-5,8H2,1-2H3,(H2,22,24)(H,23,25). The highest BCUT2D eigenvalue weighted by Crippen LogP contribution is 2.40. The average molecular weight is 356 g/mol. The lowest BCUT2D eigenvalue weighted by atomic mass is 9.77. The predicted octanol–water partition coefficient (Wildman–Crippen LogP) is 3.60. The summed E-state index contributed by atoms with van der Waals surface area (Å²) in [6.07, 6.45) is -1.64. The quantitative estimate of drug-likeness (QED) is 0.817. The van der Waals surface area contributed by atoms with Crippen LogP contribution >= 0.6 is 0 Å². The average Bonchev–Trinajstić information content (AvgIpc) is 2.43. The van der Waals surface area contributed by atoms with Crippen molar-refractivity contribution in [2.75, 3.05) is 0 Å². The second kappa shape index (κ2) is 7.45. The van der Waals surface area contributed by atoms with Crippen LogP contribution in [-0.2, 0) is 11.0 Å². The van der Waals surface area contributed by atoms with Crippen LogP contribution in [0.4, 0.5) is 13.2 Å². The molecule has 7 heteroatoms. The maximum atomic E-state index is 13.0. The molecule has 2 amide bonds. The third-order valence-electron chi connectivity index (χ3n) is 4.52. The minimum atomic E-state index is -4.46. The van der Waals surface area contributed by atoms with E-state index in [9.17, 15) is 22.8 Å². The highest BCUT2D eigenvalue weighted by molar-refractivity contribution is 5.98. The Hall–Kier alpha value is -2.05. The molecule has 0 heterocycles. The summed E-state index contributed by atoms with van der Waals surface area (Å²) in [5, 5.41) is 2.57. The van der Waals surface area contributed by atoms with Crippen molar-refractivity contribution in [3.05, 3.63) is 34.9 Å². The van der Waals surface area contributed by atoms with E-state index in [1.165, 1.54) is 6.07 Å². The van der Waals surface area contributed by atoms with E-state index < -0.39 is 29.6 Å². The Morgan fingerprint density at radius 3 is 2.36 bits per heavy atom. The minimum Gasteiger partial charge on any atom is -0.368 e. The molecule has 1 saturated carbocycles. The molecule has 1 unspecified atom stereocenters. The molecule has 138 valence electrons. The zero-order valence-corrected chi connectivity index (χ0v) is 14.3. The maximum Gasteiger partial charge on any atom is 0.416 e. The molecule has 4 nitrogen and oxygen atoms in total. The Morgan fingerprint density at radius 2 is 1.92 bits per heavy atom. The van der Waals surface area contributed by atoms with Gasteiger partial charge in [0.25, 0.3) is 5.91 Å². The van der Waals surface area contributed by atoms with E-state index >= 15 is 0 Å². The number of hydrogen-bond acceptors (Lipinski definition) is 2. The molecule has 0 radical (unpaired) electrons. The van der Waals surface area contributed by atoms with Gasteiger partial charge >= 0.3 is 6.18 Å². The van der Waals surface area contributed by atoms with Gasteiger partial charge in [-0.05, 0) is 54.9 Å². The summed E-state index contributed by atoms with van der Waals surface area (Å²) in [5.74, 6) is -1.13. The van der Waals surface area contributed by atoms with Gasteiger partial charge in [0.15, 0.2) is 0 Å². The molecule has 0 saturated heterocycles. The second-order valence-electron chi connectivity index (χ2n) is 6.99. The van der Waals surface area contributed by atoms with Gasteiger partial charge < -0.3 is 11.1 Å². The van der Waals surface area contributed by atoms with E-state index in [2.05, 4.69) is 5.32 Å². The largest absolute Gasteiger partial charge is 0.416 e. The van der Waals surface area contributed by atoms with E-state index in [-0.39, 0.29) is 17.4 Å². The van der Waals surface area contributed by atoms with Gasteiger partial charge in [0.05, 0.1) is 5.56 Å². The zero-order valence-electron chi connectivity index (χ0n) is 14.3. The van der Waals surface area contributed by atoms with Crippen molar-refractivity contribution in [2.24, 2.45) is 11.7 Å². The van der Waals surface area contributed by atoms with Gasteiger partial charge in [0.1, 0.15) is 6.04 Å². The number of carbonyl (C=O) groups excluding carboxylic acids is 2. The van der Waals surface area contributed by atoms with Crippen LogP contribution in [0.25, 0.3) is 0 Å². The van der Waals surface area contributed by atoms with E-state index in [1.807, 2.05) is 13.8 Å². The molecule has 0 aromatic heterocycles. The van der Waals surface area contributed by atoms with Crippen LogP contribution < -0.4 is 11.1 Å². The van der Waals surface area contributed by atoms with Gasteiger partial charge in [-0.15, -0.1) is 0 Å². The second-order valence-corrected chi connectivity index (χ2v) is 6.99. The molecule has 2 rings (SSSR count). The Labute approximate surface area is 145 Å². The third kappa shape index (κ3) is 4.74. The number of rotatable bonds is 6. The minimum absolute atomic E-state index is 0.0554. The van der Waals surface area contributed by atoms with Crippen molar-refractivity contribution in [1.29, 1.82) is 0 Å². The van der Waals surface area contributed by atoms with Crippen molar-refractivity contribution in [1.82, 2.24) is 5.32 Å². The van der Waals surface area contributed by atoms with Crippen molar-refractivity contribution >= 4 is 11.8 Å². The van der Waals surface area contributed by atoms with Crippen LogP contribution in [0.1, 0.15) is 66.9 Å². The Morgan fingerprint density at radius 1 is 1.28 bits per heavy atom. The van der Waals surface area contributed by atoms with Crippen molar-refractivity contribution < 1.29 is 22.8 Å². The topological polar surface area (TPSA) is 72.2 Å². The molecule has 3 N–H and O–H groups in total. The Bertz CT molecular complexity index is 652. The molecule has 0 spiro atoms. The maximum absolute atomic E-state index is 13.0. The summed E-state index contributed by atoms with van der Waals surface area (Å²) in [7, 11) is 0. The lowest BCUT2D eigenvalue weighted by Gasteiger charge is -2.29. The number of benzene rings is 1. The third-order valence-corrected chi connectivity index (χ3v) is 4.52. The van der Waals surface area contributed by atoms with Crippen LogP contribution in [-0.4, -0.2) is 17.9 Å². The summed E-state index contributed by atoms with van der Waals surface area (Å²) in [5.41, 5.74) is 5.14. The normalized spacial score (nSPS) is 16.4. The fourth-order valence-corrected chi connectivity index (χ4v) is 2.96. The molecule has 1 atom stereocenters. The van der Waals surface area contributed by atoms with E-state index in [1.54, 1.807) is 0 Å². The number of nitrogens with two attached hydrogens (primary N) is 1. The Kier molecular flexibility index (Phi) is 5.75. The van der Waals surface area contributed by atoms with Crippen LogP contribution in [0, 0.1) is 5.92 Å². The monoisotopic (exact) mass is 356 g/mol. The number of alkyl halides is 3. The molecule has 1 aromatic rings. The van der Waals surface area contributed by atoms with Gasteiger partial charge in [0.2, 0.25) is 5.91 Å². The van der Waals surface area contributed by atoms with E-state index in [0.717, 1.165) is 31.4 Å². The summed E-state index contributed by atoms with van der Waals surface area (Å²) in [4.78, 5) is 24.1. The highest BCUT2D eigenvalue weighted by Gasteiger charge is 2.34. The fourth-order valence-electron chi connectivity index (χ4n) is 2.96. The highest BCUT2D eigenvalue weighted by atomic mass is 19.4. The molecular formula is C18H23F3N2O2. The molecular weight excluding hydrogens is 333 g/mol. The Balaban J connectivity index is 2.30. The number of halogens is 3. The first-order valence-corrected chi connectivity index (χ1v) is 8.41. The van der Waals surface area contributed by atoms with Crippen LogP contribution in [0.3, 0.4) is 0 Å². The van der Waals surface area contributed by atoms with Crippen molar-refractivity contribution in [2.45, 2.75) is 57.7 Å². The first-order chi connectivity index (χ1) is 11.6. The number of hydrogen-bond donors (Lipinski definition) is 2. The van der Waals surface area contributed by atoms with Crippen molar-refractivity contribution in [3.63, 3.8) is 0 Å². The number of carbonyl (C=O) groups is 2. The SMILES string of the molecule is CC(C)CC(NC(=O)c1ccc(C(F)(F)F)cc1C1CCC1)C(N)=O. The van der Waals surface area contributed by atoms with Crippen LogP contribution in [0.5, 0.6) is 0 Å². The fraction of sp³-hybridized carbons (Fsp3) is 0.556. The van der Waals surface area contributed by atoms with Gasteiger partial charge in [-0.25, -0.2) is 0 Å². The molecule has 0 bridgehead atoms. The van der Waals surface area contributed by atoms with Gasteiger partial charge in [0, 0.05) is 5.56 Å². The van der Waals surface area contributed by atoms with E-state index in [4.69, 9.17) is 5.73 Å². The molecule has 0 aliphatic heterocycles. The molecule has 25 heavy (non-hydrogen) atoms. The van der Waals surface area contributed by atoms with Crippen LogP contribution in [0.15, 0.2) is 18.2 Å². The zero-order chi connectivity index (χ0) is 18.8. The summed E-state index contributed by atoms with van der Waals surface area (Å²) in [6.45, 7) is 3.78. The summed E-state index contributed by atoms with van der Waals surface area (Å²) in [6, 6.07) is 2.31. The molecule has 1 aromatic carbocycles. The van der Waals surface area contributed by atoms with E-state index in [0.29, 0.717) is 12.0 Å².